The second-order valence-corrected chi connectivity index (χ2v) is 4.63. The molecule has 0 radical (unpaired) electrons. The van der Waals surface area contributed by atoms with Crippen LogP contribution in [-0.4, -0.2) is 36.9 Å². The van der Waals surface area contributed by atoms with Gasteiger partial charge in [0.2, 0.25) is 6.41 Å². The molecule has 6 nitrogen and oxygen atoms in total. The van der Waals surface area contributed by atoms with E-state index in [1.807, 2.05) is 36.4 Å². The predicted octanol–water partition coefficient (Wildman–Crippen LogP) is 0.560. The van der Waals surface area contributed by atoms with Gasteiger partial charge in [0.05, 0.1) is 0 Å². The lowest BCUT2D eigenvalue weighted by Gasteiger charge is -2.12. The predicted molar refractivity (Wildman–Crippen MR) is 83.3 cm³/mol. The summed E-state index contributed by atoms with van der Waals surface area (Å²) >= 11 is 0. The lowest BCUT2D eigenvalue weighted by atomic mass is 10.1. The van der Waals surface area contributed by atoms with Crippen LogP contribution in [0, 0.1) is 11.3 Å². The number of rotatable bonds is 9. The van der Waals surface area contributed by atoms with E-state index >= 15 is 0 Å². The number of hydrogen-bond donors (Lipinski definition) is 2. The van der Waals surface area contributed by atoms with Crippen LogP contribution in [0.3, 0.4) is 0 Å². The van der Waals surface area contributed by atoms with Crippen LogP contribution >= 0.6 is 0 Å². The van der Waals surface area contributed by atoms with Gasteiger partial charge < -0.3 is 16.0 Å². The molecule has 3 N–H and O–H groups in total. The Morgan fingerprint density at radius 2 is 2.09 bits per heavy atom. The molecule has 0 bridgehead atoms. The molecule has 0 aromatic heterocycles. The van der Waals surface area contributed by atoms with E-state index in [2.05, 4.69) is 5.32 Å². The van der Waals surface area contributed by atoms with Crippen LogP contribution in [0.5, 0.6) is 0 Å². The van der Waals surface area contributed by atoms with Crippen LogP contribution in [0.25, 0.3) is 0 Å². The van der Waals surface area contributed by atoms with Gasteiger partial charge in [0.25, 0.3) is 5.91 Å². The maximum atomic E-state index is 11.9. The molecule has 1 aromatic carbocycles. The van der Waals surface area contributed by atoms with Crippen molar-refractivity contribution < 1.29 is 9.59 Å². The summed E-state index contributed by atoms with van der Waals surface area (Å²) in [6, 6.07) is 11.5. The molecule has 0 saturated carbocycles. The van der Waals surface area contributed by atoms with Crippen molar-refractivity contribution in [1.82, 2.24) is 10.2 Å². The Balaban J connectivity index is 2.53. The Hall–Kier alpha value is -2.65. The first-order valence-corrected chi connectivity index (χ1v) is 7.06. The molecule has 0 aliphatic heterocycles. The largest absolute Gasteiger partial charge is 0.351 e. The number of nitrogens with one attached hydrogen (secondary N) is 1. The first-order chi connectivity index (χ1) is 10.7. The van der Waals surface area contributed by atoms with Gasteiger partial charge in [-0.15, -0.1) is 0 Å². The standard InChI is InChI=1S/C16H20N4O2/c17-8-4-10-20(13-21)12-15(11-18)16(22)19-9-7-14-5-2-1-3-6-14/h1-3,5-6,12-13H,4,7-10,17H2,(H,19,22)/b15-12-. The van der Waals surface area contributed by atoms with Crippen molar-refractivity contribution in [3.63, 3.8) is 0 Å². The Morgan fingerprint density at radius 1 is 1.36 bits per heavy atom. The van der Waals surface area contributed by atoms with E-state index in [0.29, 0.717) is 38.9 Å². The summed E-state index contributed by atoms with van der Waals surface area (Å²) in [5.74, 6) is -0.488. The highest BCUT2D eigenvalue weighted by molar-refractivity contribution is 5.97. The normalized spacial score (nSPS) is 10.6. The molecule has 2 amide bonds. The number of amides is 2. The summed E-state index contributed by atoms with van der Waals surface area (Å²) in [4.78, 5) is 24.1. The minimum Gasteiger partial charge on any atom is -0.351 e. The summed E-state index contributed by atoms with van der Waals surface area (Å²) < 4.78 is 0. The van der Waals surface area contributed by atoms with Crippen LogP contribution in [0.2, 0.25) is 0 Å². The van der Waals surface area contributed by atoms with Gasteiger partial charge >= 0.3 is 0 Å². The third kappa shape index (κ3) is 6.20. The van der Waals surface area contributed by atoms with E-state index < -0.39 is 5.91 Å². The molecular weight excluding hydrogens is 280 g/mol. The van der Waals surface area contributed by atoms with Crippen molar-refractivity contribution in [1.29, 1.82) is 5.26 Å². The summed E-state index contributed by atoms with van der Waals surface area (Å²) in [6.07, 6.45) is 3.10. The van der Waals surface area contributed by atoms with Crippen LogP contribution < -0.4 is 11.1 Å². The molecule has 22 heavy (non-hydrogen) atoms. The lowest BCUT2D eigenvalue weighted by molar-refractivity contribution is -0.117. The lowest BCUT2D eigenvalue weighted by Crippen LogP contribution is -2.28. The minimum atomic E-state index is -0.488. The fourth-order valence-corrected chi connectivity index (χ4v) is 1.79. The molecule has 116 valence electrons. The molecule has 1 rings (SSSR count). The van der Waals surface area contributed by atoms with Gasteiger partial charge in [-0.05, 0) is 24.9 Å². The molecule has 0 aliphatic carbocycles. The number of benzene rings is 1. The number of carbonyl (C=O) groups is 2. The molecule has 1 aromatic rings. The van der Waals surface area contributed by atoms with Crippen molar-refractivity contribution in [2.24, 2.45) is 5.73 Å². The summed E-state index contributed by atoms with van der Waals surface area (Å²) in [5, 5.41) is 11.7. The molecule has 0 spiro atoms. The van der Waals surface area contributed by atoms with E-state index in [4.69, 9.17) is 11.0 Å². The van der Waals surface area contributed by atoms with Crippen molar-refractivity contribution >= 4 is 12.3 Å². The van der Waals surface area contributed by atoms with E-state index in [1.165, 1.54) is 11.1 Å². The SMILES string of the molecule is N#C/C(=C/N(C=O)CCCN)C(=O)NCCc1ccccc1. The van der Waals surface area contributed by atoms with Gasteiger partial charge in [-0.2, -0.15) is 5.26 Å². The zero-order valence-corrected chi connectivity index (χ0v) is 12.4. The topological polar surface area (TPSA) is 99.2 Å². The third-order valence-electron chi connectivity index (χ3n) is 2.96. The van der Waals surface area contributed by atoms with Crippen LogP contribution in [-0.2, 0) is 16.0 Å². The van der Waals surface area contributed by atoms with E-state index in [0.717, 1.165) is 5.56 Å². The quantitative estimate of drug-likeness (QED) is 0.395. The smallest absolute Gasteiger partial charge is 0.263 e. The Kier molecular flexibility index (Phi) is 8.01. The maximum Gasteiger partial charge on any atom is 0.263 e. The van der Waals surface area contributed by atoms with Crippen molar-refractivity contribution in [2.45, 2.75) is 12.8 Å². The highest BCUT2D eigenvalue weighted by Crippen LogP contribution is 2.00. The fourth-order valence-electron chi connectivity index (χ4n) is 1.79. The Morgan fingerprint density at radius 3 is 2.68 bits per heavy atom. The van der Waals surface area contributed by atoms with Crippen LogP contribution in [0.4, 0.5) is 0 Å². The average molecular weight is 300 g/mol. The van der Waals surface area contributed by atoms with Gasteiger partial charge in [-0.25, -0.2) is 0 Å². The van der Waals surface area contributed by atoms with Gasteiger partial charge in [0, 0.05) is 19.3 Å². The van der Waals surface area contributed by atoms with Crippen LogP contribution in [0.15, 0.2) is 42.1 Å². The summed E-state index contributed by atoms with van der Waals surface area (Å²) in [7, 11) is 0. The molecule has 6 heteroatoms. The van der Waals surface area contributed by atoms with E-state index in [-0.39, 0.29) is 5.57 Å². The highest BCUT2D eigenvalue weighted by Gasteiger charge is 2.10. The maximum absolute atomic E-state index is 11.9. The Labute approximate surface area is 130 Å². The number of nitriles is 1. The van der Waals surface area contributed by atoms with Crippen molar-refractivity contribution in [3.8, 4) is 6.07 Å². The van der Waals surface area contributed by atoms with E-state index in [1.54, 1.807) is 0 Å². The summed E-state index contributed by atoms with van der Waals surface area (Å²) in [6.45, 7) is 1.23. The molecule has 0 atom stereocenters. The average Bonchev–Trinajstić information content (AvgIpc) is 2.56. The highest BCUT2D eigenvalue weighted by atomic mass is 16.2. The number of nitrogens with zero attached hydrogens (tertiary/aromatic N) is 2. The number of carbonyl (C=O) groups excluding carboxylic acids is 2. The second kappa shape index (κ2) is 10.1. The van der Waals surface area contributed by atoms with Crippen molar-refractivity contribution in [2.75, 3.05) is 19.6 Å². The monoisotopic (exact) mass is 300 g/mol. The molecule has 0 heterocycles. The van der Waals surface area contributed by atoms with Gasteiger partial charge in [-0.3, -0.25) is 9.59 Å². The molecule has 0 saturated heterocycles. The first kappa shape index (κ1) is 17.4. The molecule has 0 fully saturated rings. The molecule has 0 unspecified atom stereocenters. The number of nitrogens with two attached hydrogens (primary N) is 1. The van der Waals surface area contributed by atoms with Gasteiger partial charge in [-0.1, -0.05) is 30.3 Å². The minimum absolute atomic E-state index is 0.0998. The Bertz CT molecular complexity index is 549. The first-order valence-electron chi connectivity index (χ1n) is 7.06. The number of hydrogen-bond acceptors (Lipinski definition) is 4. The molecular formula is C16H20N4O2. The fraction of sp³-hybridized carbons (Fsp3) is 0.312. The molecule has 0 aliphatic rings. The van der Waals surface area contributed by atoms with Crippen molar-refractivity contribution in [3.05, 3.63) is 47.7 Å². The van der Waals surface area contributed by atoms with Gasteiger partial charge in [0.1, 0.15) is 11.6 Å². The zero-order chi connectivity index (χ0) is 16.2. The van der Waals surface area contributed by atoms with E-state index in [9.17, 15) is 9.59 Å². The summed E-state index contributed by atoms with van der Waals surface area (Å²) in [5.41, 5.74) is 6.37. The van der Waals surface area contributed by atoms with Gasteiger partial charge in [0.15, 0.2) is 0 Å². The van der Waals surface area contributed by atoms with Crippen LogP contribution in [0.1, 0.15) is 12.0 Å². The third-order valence-corrected chi connectivity index (χ3v) is 2.96. The zero-order valence-electron chi connectivity index (χ0n) is 12.4. The second-order valence-electron chi connectivity index (χ2n) is 4.63.